The summed E-state index contributed by atoms with van der Waals surface area (Å²) in [5.41, 5.74) is 0. The number of hydrogen-bond acceptors (Lipinski definition) is 3. The zero-order valence-electron chi connectivity index (χ0n) is 11.1. The number of likely N-dealkylation sites (N-methyl/N-ethyl adjacent to an activating group) is 1. The predicted octanol–water partition coefficient (Wildman–Crippen LogP) is -0.175. The number of nitrogens with one attached hydrogen (secondary N) is 2. The van der Waals surface area contributed by atoms with Gasteiger partial charge < -0.3 is 15.5 Å². The SMILES string of the molecule is CC(C)NC(=O)CN(C)C(=O)C(C)C1CNC1. The first-order chi connectivity index (χ1) is 7.91. The van der Waals surface area contributed by atoms with Crippen LogP contribution < -0.4 is 10.6 Å². The lowest BCUT2D eigenvalue weighted by atomic mass is 9.88. The minimum Gasteiger partial charge on any atom is -0.352 e. The fourth-order valence-corrected chi connectivity index (χ4v) is 1.87. The largest absolute Gasteiger partial charge is 0.352 e. The fraction of sp³-hybridized carbons (Fsp3) is 0.833. The summed E-state index contributed by atoms with van der Waals surface area (Å²) in [6, 6.07) is 0.110. The smallest absolute Gasteiger partial charge is 0.239 e. The molecular weight excluding hydrogens is 218 g/mol. The highest BCUT2D eigenvalue weighted by molar-refractivity contribution is 5.85. The van der Waals surface area contributed by atoms with E-state index < -0.39 is 0 Å². The molecule has 5 nitrogen and oxygen atoms in total. The van der Waals surface area contributed by atoms with Crippen molar-refractivity contribution in [3.8, 4) is 0 Å². The summed E-state index contributed by atoms with van der Waals surface area (Å²) in [7, 11) is 1.69. The van der Waals surface area contributed by atoms with E-state index in [1.807, 2.05) is 20.8 Å². The first kappa shape index (κ1) is 14.0. The van der Waals surface area contributed by atoms with Crippen molar-refractivity contribution < 1.29 is 9.59 Å². The lowest BCUT2D eigenvalue weighted by Gasteiger charge is -2.33. The van der Waals surface area contributed by atoms with E-state index in [1.165, 1.54) is 4.90 Å². The first-order valence-corrected chi connectivity index (χ1v) is 6.17. The van der Waals surface area contributed by atoms with Crippen molar-refractivity contribution in [2.24, 2.45) is 11.8 Å². The Bertz CT molecular complexity index is 287. The van der Waals surface area contributed by atoms with Gasteiger partial charge in [0.25, 0.3) is 0 Å². The Morgan fingerprint density at radius 2 is 1.94 bits per heavy atom. The van der Waals surface area contributed by atoms with E-state index in [1.54, 1.807) is 7.05 Å². The van der Waals surface area contributed by atoms with Crippen LogP contribution in [0.25, 0.3) is 0 Å². The zero-order valence-corrected chi connectivity index (χ0v) is 11.1. The van der Waals surface area contributed by atoms with Crippen LogP contribution in [0.2, 0.25) is 0 Å². The summed E-state index contributed by atoms with van der Waals surface area (Å²) in [4.78, 5) is 25.1. The number of nitrogens with zero attached hydrogens (tertiary/aromatic N) is 1. The highest BCUT2D eigenvalue weighted by Gasteiger charge is 2.30. The van der Waals surface area contributed by atoms with Gasteiger partial charge in [0.2, 0.25) is 11.8 Å². The standard InChI is InChI=1S/C12H23N3O2/c1-8(2)14-11(16)7-15(4)12(17)9(3)10-5-13-6-10/h8-10,13H,5-7H2,1-4H3,(H,14,16). The number of amides is 2. The second-order valence-corrected chi connectivity index (χ2v) is 5.12. The van der Waals surface area contributed by atoms with Gasteiger partial charge in [-0.2, -0.15) is 0 Å². The third kappa shape index (κ3) is 4.00. The molecule has 0 aromatic rings. The molecule has 1 aliphatic heterocycles. The lowest BCUT2D eigenvalue weighted by molar-refractivity contribution is -0.139. The molecule has 0 saturated carbocycles. The van der Waals surface area contributed by atoms with Crippen molar-refractivity contribution in [3.63, 3.8) is 0 Å². The molecule has 2 N–H and O–H groups in total. The van der Waals surface area contributed by atoms with Crippen molar-refractivity contribution in [2.45, 2.75) is 26.8 Å². The van der Waals surface area contributed by atoms with E-state index in [0.29, 0.717) is 5.92 Å². The first-order valence-electron chi connectivity index (χ1n) is 6.17. The van der Waals surface area contributed by atoms with E-state index in [4.69, 9.17) is 0 Å². The summed E-state index contributed by atoms with van der Waals surface area (Å²) < 4.78 is 0. The molecule has 0 bridgehead atoms. The minimum absolute atomic E-state index is 0.00639. The maximum atomic E-state index is 12.0. The van der Waals surface area contributed by atoms with Gasteiger partial charge in [-0.05, 0) is 32.9 Å². The van der Waals surface area contributed by atoms with Crippen molar-refractivity contribution in [2.75, 3.05) is 26.7 Å². The molecule has 0 aromatic carbocycles. The molecular formula is C12H23N3O2. The van der Waals surface area contributed by atoms with Crippen molar-refractivity contribution in [1.82, 2.24) is 15.5 Å². The monoisotopic (exact) mass is 241 g/mol. The summed E-state index contributed by atoms with van der Waals surface area (Å²) in [5, 5.41) is 5.93. The molecule has 1 heterocycles. The predicted molar refractivity (Wildman–Crippen MR) is 66.4 cm³/mol. The average Bonchev–Trinajstić information content (AvgIpc) is 2.11. The van der Waals surface area contributed by atoms with Crippen LogP contribution in [0.4, 0.5) is 0 Å². The Labute approximate surface area is 103 Å². The van der Waals surface area contributed by atoms with Crippen molar-refractivity contribution in [1.29, 1.82) is 0 Å². The van der Waals surface area contributed by atoms with E-state index in [9.17, 15) is 9.59 Å². The van der Waals surface area contributed by atoms with Crippen molar-refractivity contribution in [3.05, 3.63) is 0 Å². The van der Waals surface area contributed by atoms with Crippen LogP contribution in [-0.2, 0) is 9.59 Å². The van der Waals surface area contributed by atoms with E-state index >= 15 is 0 Å². The van der Waals surface area contributed by atoms with Crippen LogP contribution in [0, 0.1) is 11.8 Å². The molecule has 0 spiro atoms. The van der Waals surface area contributed by atoms with Crippen molar-refractivity contribution >= 4 is 11.8 Å². The van der Waals surface area contributed by atoms with Gasteiger partial charge in [-0.1, -0.05) is 6.92 Å². The Morgan fingerprint density at radius 3 is 2.35 bits per heavy atom. The topological polar surface area (TPSA) is 61.4 Å². The highest BCUT2D eigenvalue weighted by Crippen LogP contribution is 2.17. The van der Waals surface area contributed by atoms with Gasteiger partial charge in [0, 0.05) is 19.0 Å². The zero-order chi connectivity index (χ0) is 13.0. The number of hydrogen-bond donors (Lipinski definition) is 2. The summed E-state index contributed by atoms with van der Waals surface area (Å²) in [6.07, 6.45) is 0. The molecule has 1 fully saturated rings. The van der Waals surface area contributed by atoms with Crippen LogP contribution in [0.5, 0.6) is 0 Å². The molecule has 1 rings (SSSR count). The fourth-order valence-electron chi connectivity index (χ4n) is 1.87. The quantitative estimate of drug-likeness (QED) is 0.702. The Kier molecular flexibility index (Phi) is 4.93. The van der Waals surface area contributed by atoms with Crippen LogP contribution in [0.3, 0.4) is 0 Å². The van der Waals surface area contributed by atoms with E-state index in [-0.39, 0.29) is 30.3 Å². The van der Waals surface area contributed by atoms with E-state index in [2.05, 4.69) is 10.6 Å². The minimum atomic E-state index is -0.102. The lowest BCUT2D eigenvalue weighted by Crippen LogP contribution is -2.51. The molecule has 0 radical (unpaired) electrons. The highest BCUT2D eigenvalue weighted by atomic mass is 16.2. The average molecular weight is 241 g/mol. The van der Waals surface area contributed by atoms with Gasteiger partial charge in [-0.15, -0.1) is 0 Å². The molecule has 17 heavy (non-hydrogen) atoms. The number of rotatable bonds is 5. The van der Waals surface area contributed by atoms with Crippen LogP contribution in [0.1, 0.15) is 20.8 Å². The summed E-state index contributed by atoms with van der Waals surface area (Å²) in [6.45, 7) is 7.69. The molecule has 1 aliphatic rings. The third-order valence-corrected chi connectivity index (χ3v) is 3.12. The van der Waals surface area contributed by atoms with Gasteiger partial charge in [0.15, 0.2) is 0 Å². The Hall–Kier alpha value is -1.10. The molecule has 0 aliphatic carbocycles. The molecule has 1 atom stereocenters. The Morgan fingerprint density at radius 1 is 1.35 bits per heavy atom. The molecule has 98 valence electrons. The molecule has 5 heteroatoms. The Balaban J connectivity index is 2.37. The molecule has 0 aromatic heterocycles. The van der Waals surface area contributed by atoms with E-state index in [0.717, 1.165) is 13.1 Å². The summed E-state index contributed by atoms with van der Waals surface area (Å²) in [5.74, 6) is 0.358. The number of carbonyl (C=O) groups is 2. The van der Waals surface area contributed by atoms with Gasteiger partial charge in [-0.25, -0.2) is 0 Å². The molecule has 1 saturated heterocycles. The van der Waals surface area contributed by atoms with Gasteiger partial charge in [-0.3, -0.25) is 9.59 Å². The summed E-state index contributed by atoms with van der Waals surface area (Å²) >= 11 is 0. The second-order valence-electron chi connectivity index (χ2n) is 5.12. The van der Waals surface area contributed by atoms with Crippen LogP contribution >= 0.6 is 0 Å². The van der Waals surface area contributed by atoms with Gasteiger partial charge in [0.05, 0.1) is 6.54 Å². The third-order valence-electron chi connectivity index (χ3n) is 3.12. The van der Waals surface area contributed by atoms with Crippen LogP contribution in [-0.4, -0.2) is 49.4 Å². The maximum Gasteiger partial charge on any atom is 0.239 e. The normalized spacial score (nSPS) is 17.5. The maximum absolute atomic E-state index is 12.0. The van der Waals surface area contributed by atoms with Gasteiger partial charge >= 0.3 is 0 Å². The number of carbonyl (C=O) groups excluding carboxylic acids is 2. The van der Waals surface area contributed by atoms with Crippen LogP contribution in [0.15, 0.2) is 0 Å². The van der Waals surface area contributed by atoms with Gasteiger partial charge in [0.1, 0.15) is 0 Å². The second kappa shape index (κ2) is 6.00. The molecule has 1 unspecified atom stereocenters. The molecule has 2 amide bonds.